The number of nitrogens with one attached hydrogen (secondary N) is 1. The first-order chi connectivity index (χ1) is 20.3. The molecule has 0 unspecified atom stereocenters. The first kappa shape index (κ1) is 34.5. The lowest BCUT2D eigenvalue weighted by molar-refractivity contribution is -0.140. The zero-order valence-electron chi connectivity index (χ0n) is 24.7. The monoisotopic (exact) mass is 667 g/mol. The predicted molar refractivity (Wildman–Crippen MR) is 173 cm³/mol. The number of carbonyl (C=O) groups is 2. The average Bonchev–Trinajstić information content (AvgIpc) is 2.96. The Labute approximate surface area is 268 Å². The number of hydrogen-bond donors (Lipinski definition) is 1. The van der Waals surface area contributed by atoms with Crippen molar-refractivity contribution in [1.29, 1.82) is 0 Å². The Balaban J connectivity index is 2.12. The lowest BCUT2D eigenvalue weighted by Gasteiger charge is -2.33. The molecule has 0 radical (unpaired) electrons. The van der Waals surface area contributed by atoms with Gasteiger partial charge in [0.25, 0.3) is 10.0 Å². The minimum Gasteiger partial charge on any atom is -0.495 e. The number of anilines is 1. The summed E-state index contributed by atoms with van der Waals surface area (Å²) in [5.74, 6) is -0.482. The van der Waals surface area contributed by atoms with Crippen molar-refractivity contribution in [2.24, 2.45) is 5.92 Å². The minimum absolute atomic E-state index is 0.0137. The molecule has 3 rings (SSSR count). The van der Waals surface area contributed by atoms with Crippen LogP contribution in [0.1, 0.15) is 38.3 Å². The van der Waals surface area contributed by atoms with Crippen molar-refractivity contribution >= 4 is 62.3 Å². The van der Waals surface area contributed by atoms with Crippen molar-refractivity contribution in [3.05, 3.63) is 86.9 Å². The summed E-state index contributed by atoms with van der Waals surface area (Å²) in [5.41, 5.74) is 1.46. The van der Waals surface area contributed by atoms with Crippen molar-refractivity contribution < 1.29 is 22.7 Å². The van der Waals surface area contributed by atoms with Crippen LogP contribution in [0.4, 0.5) is 5.69 Å². The van der Waals surface area contributed by atoms with Gasteiger partial charge in [-0.2, -0.15) is 0 Å². The minimum atomic E-state index is -4.27. The van der Waals surface area contributed by atoms with Crippen LogP contribution >= 0.6 is 34.8 Å². The molecule has 8 nitrogen and oxygen atoms in total. The molecule has 232 valence electrons. The molecule has 12 heteroatoms. The van der Waals surface area contributed by atoms with E-state index in [1.54, 1.807) is 37.3 Å². The molecular weight excluding hydrogens is 633 g/mol. The van der Waals surface area contributed by atoms with Crippen LogP contribution in [-0.4, -0.2) is 51.4 Å². The van der Waals surface area contributed by atoms with E-state index in [4.69, 9.17) is 39.5 Å². The molecule has 1 atom stereocenters. The van der Waals surface area contributed by atoms with E-state index in [-0.39, 0.29) is 40.4 Å². The fraction of sp³-hybridized carbons (Fsp3) is 0.355. The Morgan fingerprint density at radius 2 is 1.58 bits per heavy atom. The molecule has 43 heavy (non-hydrogen) atoms. The Morgan fingerprint density at radius 1 is 0.953 bits per heavy atom. The smallest absolute Gasteiger partial charge is 0.264 e. The molecule has 0 aliphatic carbocycles. The number of halogens is 3. The summed E-state index contributed by atoms with van der Waals surface area (Å²) in [6.07, 6.45) is 0.261. The molecule has 3 aromatic rings. The zero-order chi connectivity index (χ0) is 31.9. The summed E-state index contributed by atoms with van der Waals surface area (Å²) in [6.45, 7) is 7.19. The van der Waals surface area contributed by atoms with Crippen molar-refractivity contribution in [3.63, 3.8) is 0 Å². The van der Waals surface area contributed by atoms with E-state index in [9.17, 15) is 18.0 Å². The summed E-state index contributed by atoms with van der Waals surface area (Å²) >= 11 is 19.3. The summed E-state index contributed by atoms with van der Waals surface area (Å²) in [5, 5.41) is 3.68. The average molecular weight is 669 g/mol. The Kier molecular flexibility index (Phi) is 12.2. The summed E-state index contributed by atoms with van der Waals surface area (Å²) in [6, 6.07) is 14.8. The molecular formula is C31H36Cl3N3O5S. The second-order valence-corrected chi connectivity index (χ2v) is 13.5. The van der Waals surface area contributed by atoms with E-state index >= 15 is 0 Å². The van der Waals surface area contributed by atoms with Crippen LogP contribution in [0.2, 0.25) is 15.1 Å². The number of amides is 2. The van der Waals surface area contributed by atoms with Gasteiger partial charge >= 0.3 is 0 Å². The van der Waals surface area contributed by atoms with Crippen molar-refractivity contribution in [3.8, 4) is 5.75 Å². The van der Waals surface area contributed by atoms with Crippen molar-refractivity contribution in [2.45, 2.75) is 51.6 Å². The van der Waals surface area contributed by atoms with Gasteiger partial charge in [0.05, 0.1) is 22.7 Å². The van der Waals surface area contributed by atoms with E-state index in [1.807, 2.05) is 20.8 Å². The van der Waals surface area contributed by atoms with E-state index in [0.717, 1.165) is 9.87 Å². The largest absolute Gasteiger partial charge is 0.495 e. The Hall–Kier alpha value is -2.98. The van der Waals surface area contributed by atoms with Crippen LogP contribution < -0.4 is 14.4 Å². The van der Waals surface area contributed by atoms with Crippen LogP contribution in [0.15, 0.2) is 65.6 Å². The molecule has 0 spiro atoms. The third-order valence-electron chi connectivity index (χ3n) is 6.77. The molecule has 0 fully saturated rings. The molecule has 0 heterocycles. The van der Waals surface area contributed by atoms with Gasteiger partial charge in [0, 0.05) is 28.7 Å². The van der Waals surface area contributed by atoms with Gasteiger partial charge < -0.3 is 15.0 Å². The number of rotatable bonds is 13. The number of sulfonamides is 1. The molecule has 1 N–H and O–H groups in total. The first-order valence-electron chi connectivity index (χ1n) is 13.7. The highest BCUT2D eigenvalue weighted by Crippen LogP contribution is 2.33. The third kappa shape index (κ3) is 8.56. The van der Waals surface area contributed by atoms with E-state index < -0.39 is 28.5 Å². The maximum absolute atomic E-state index is 14.2. The van der Waals surface area contributed by atoms with Crippen LogP contribution in [0, 0.1) is 12.8 Å². The first-order valence-corrected chi connectivity index (χ1v) is 16.3. The second kappa shape index (κ2) is 15.1. The van der Waals surface area contributed by atoms with E-state index in [0.29, 0.717) is 27.9 Å². The lowest BCUT2D eigenvalue weighted by Crippen LogP contribution is -2.52. The standard InChI is InChI=1S/C31H36Cl3N3O5S/c1-6-28(31(39)35-17-20(2)3)36(18-24-25(32)8-7-9-26(24)33)30(38)19-37(22-12-15-29(42-5)27(34)16-22)43(40,41)23-13-10-21(4)11-14-23/h7-16,20,28H,6,17-19H2,1-5H3,(H,35,39)/t28-/m1/s1. The highest BCUT2D eigenvalue weighted by atomic mass is 35.5. The summed E-state index contributed by atoms with van der Waals surface area (Å²) < 4.78 is 34.3. The van der Waals surface area contributed by atoms with Gasteiger partial charge in [0.1, 0.15) is 18.3 Å². The number of benzene rings is 3. The maximum Gasteiger partial charge on any atom is 0.264 e. The fourth-order valence-corrected chi connectivity index (χ4v) is 6.55. The zero-order valence-corrected chi connectivity index (χ0v) is 27.8. The number of nitrogens with zero attached hydrogens (tertiary/aromatic N) is 2. The Bertz CT molecular complexity index is 1530. The third-order valence-corrected chi connectivity index (χ3v) is 9.56. The maximum atomic E-state index is 14.2. The highest BCUT2D eigenvalue weighted by Gasteiger charge is 2.34. The lowest BCUT2D eigenvalue weighted by atomic mass is 10.1. The predicted octanol–water partition coefficient (Wildman–Crippen LogP) is 6.74. The van der Waals surface area contributed by atoms with Crippen LogP contribution in [-0.2, 0) is 26.2 Å². The highest BCUT2D eigenvalue weighted by molar-refractivity contribution is 7.92. The number of carbonyl (C=O) groups excluding carboxylic acids is 2. The van der Waals surface area contributed by atoms with Crippen LogP contribution in [0.5, 0.6) is 5.75 Å². The van der Waals surface area contributed by atoms with Gasteiger partial charge in [-0.3, -0.25) is 13.9 Å². The molecule has 0 aliphatic heterocycles. The second-order valence-electron chi connectivity index (χ2n) is 10.4. The molecule has 3 aromatic carbocycles. The topological polar surface area (TPSA) is 96.0 Å². The summed E-state index contributed by atoms with van der Waals surface area (Å²) in [4.78, 5) is 28.9. The van der Waals surface area contributed by atoms with Gasteiger partial charge in [0.15, 0.2) is 0 Å². The number of ether oxygens (including phenoxy) is 1. The van der Waals surface area contributed by atoms with E-state index in [2.05, 4.69) is 5.32 Å². The van der Waals surface area contributed by atoms with Crippen molar-refractivity contribution in [1.82, 2.24) is 10.2 Å². The number of methoxy groups -OCH3 is 1. The van der Waals surface area contributed by atoms with Gasteiger partial charge in [-0.15, -0.1) is 0 Å². The van der Waals surface area contributed by atoms with Crippen LogP contribution in [0.25, 0.3) is 0 Å². The van der Waals surface area contributed by atoms with E-state index in [1.165, 1.54) is 42.3 Å². The molecule has 2 amide bonds. The number of aryl methyl sites for hydroxylation is 1. The molecule has 0 bridgehead atoms. The normalized spacial score (nSPS) is 12.1. The Morgan fingerprint density at radius 3 is 2.12 bits per heavy atom. The van der Waals surface area contributed by atoms with Gasteiger partial charge in [-0.1, -0.05) is 79.3 Å². The number of hydrogen-bond acceptors (Lipinski definition) is 5. The van der Waals surface area contributed by atoms with Gasteiger partial charge in [0.2, 0.25) is 11.8 Å². The van der Waals surface area contributed by atoms with Gasteiger partial charge in [-0.05, 0) is 61.7 Å². The summed E-state index contributed by atoms with van der Waals surface area (Å²) in [7, 11) is -2.82. The molecule has 0 saturated heterocycles. The fourth-order valence-electron chi connectivity index (χ4n) is 4.37. The van der Waals surface area contributed by atoms with Crippen LogP contribution in [0.3, 0.4) is 0 Å². The quantitative estimate of drug-likeness (QED) is 0.218. The molecule has 0 aromatic heterocycles. The SMILES string of the molecule is CC[C@H](C(=O)NCC(C)C)N(Cc1c(Cl)cccc1Cl)C(=O)CN(c1ccc(OC)c(Cl)c1)S(=O)(=O)c1ccc(C)cc1. The van der Waals surface area contributed by atoms with Gasteiger partial charge in [-0.25, -0.2) is 8.42 Å². The molecule has 0 saturated carbocycles. The van der Waals surface area contributed by atoms with Crippen molar-refractivity contribution in [2.75, 3.05) is 24.5 Å². The molecule has 0 aliphatic rings.